The lowest BCUT2D eigenvalue weighted by Gasteiger charge is -2.23. The number of aromatic nitrogens is 2. The van der Waals surface area contributed by atoms with E-state index in [4.69, 9.17) is 21.1 Å². The Hall–Kier alpha value is -3.86. The largest absolute Gasteiger partial charge is 0.507 e. The first-order valence-corrected chi connectivity index (χ1v) is 14.7. The van der Waals surface area contributed by atoms with E-state index in [1.807, 2.05) is 50.2 Å². The van der Waals surface area contributed by atoms with Crippen molar-refractivity contribution in [3.05, 3.63) is 99.1 Å². The predicted molar refractivity (Wildman–Crippen MR) is 161 cm³/mol. The van der Waals surface area contributed by atoms with Gasteiger partial charge in [0.2, 0.25) is 5.13 Å². The summed E-state index contributed by atoms with van der Waals surface area (Å²) in [4.78, 5) is 28.5. The van der Waals surface area contributed by atoms with Gasteiger partial charge in [-0.2, -0.15) is 0 Å². The highest BCUT2D eigenvalue weighted by atomic mass is 35.5. The number of anilines is 1. The summed E-state index contributed by atoms with van der Waals surface area (Å²) in [5, 5.41) is 21.0. The number of methoxy groups -OCH3 is 2. The number of hydrogen-bond donors (Lipinski definition) is 1. The van der Waals surface area contributed by atoms with Crippen LogP contribution in [0.2, 0.25) is 5.02 Å². The van der Waals surface area contributed by atoms with Crippen molar-refractivity contribution in [2.45, 2.75) is 30.0 Å². The molecule has 1 aliphatic heterocycles. The highest BCUT2D eigenvalue weighted by Crippen LogP contribution is 2.46. The second-order valence-corrected chi connectivity index (χ2v) is 11.9. The van der Waals surface area contributed by atoms with Crippen molar-refractivity contribution in [3.8, 4) is 11.5 Å². The second-order valence-electron chi connectivity index (χ2n) is 9.33. The van der Waals surface area contributed by atoms with Crippen molar-refractivity contribution in [3.63, 3.8) is 0 Å². The highest BCUT2D eigenvalue weighted by molar-refractivity contribution is 8.00. The lowest BCUT2D eigenvalue weighted by atomic mass is 9.93. The van der Waals surface area contributed by atoms with E-state index in [0.717, 1.165) is 16.7 Å². The van der Waals surface area contributed by atoms with Crippen LogP contribution in [0.15, 0.2) is 70.6 Å². The number of benzene rings is 3. The minimum absolute atomic E-state index is 0.0450. The van der Waals surface area contributed by atoms with Crippen LogP contribution >= 0.6 is 34.7 Å². The Morgan fingerprint density at radius 2 is 1.78 bits per heavy atom. The van der Waals surface area contributed by atoms with Gasteiger partial charge in [-0.25, -0.2) is 0 Å². The van der Waals surface area contributed by atoms with E-state index in [-0.39, 0.29) is 16.5 Å². The molecule has 5 rings (SSSR count). The summed E-state index contributed by atoms with van der Waals surface area (Å²) < 4.78 is 11.5. The number of aryl methyl sites for hydroxylation is 2. The number of thioether (sulfide) groups is 1. The topological polar surface area (TPSA) is 102 Å². The van der Waals surface area contributed by atoms with E-state index in [2.05, 4.69) is 10.2 Å². The minimum atomic E-state index is -0.982. The van der Waals surface area contributed by atoms with Crippen molar-refractivity contribution in [2.24, 2.45) is 0 Å². The van der Waals surface area contributed by atoms with Crippen LogP contribution in [0.3, 0.4) is 0 Å². The number of halogens is 1. The van der Waals surface area contributed by atoms with Crippen LogP contribution < -0.4 is 14.4 Å². The zero-order chi connectivity index (χ0) is 29.3. The SMILES string of the molecule is COc1ccc(C2C(=C(O)c3cc(C)ccc3C)C(=O)C(=O)N2c2nnc(SCc3ccccc3Cl)s2)cc1OC. The van der Waals surface area contributed by atoms with Crippen LogP contribution in [0.25, 0.3) is 5.76 Å². The maximum atomic E-state index is 13.6. The monoisotopic (exact) mass is 607 g/mol. The van der Waals surface area contributed by atoms with Crippen molar-refractivity contribution < 1.29 is 24.2 Å². The van der Waals surface area contributed by atoms with E-state index in [0.29, 0.717) is 37.7 Å². The third-order valence-electron chi connectivity index (χ3n) is 6.73. The van der Waals surface area contributed by atoms with Crippen LogP contribution in [0, 0.1) is 13.8 Å². The van der Waals surface area contributed by atoms with E-state index in [9.17, 15) is 14.7 Å². The Morgan fingerprint density at radius 3 is 2.51 bits per heavy atom. The van der Waals surface area contributed by atoms with Gasteiger partial charge in [0.15, 0.2) is 15.8 Å². The molecular formula is C30H26ClN3O5S2. The number of amides is 1. The zero-order valence-corrected chi connectivity index (χ0v) is 25.1. The minimum Gasteiger partial charge on any atom is -0.507 e. The summed E-state index contributed by atoms with van der Waals surface area (Å²) in [7, 11) is 3.02. The lowest BCUT2D eigenvalue weighted by molar-refractivity contribution is -0.132. The Morgan fingerprint density at radius 1 is 1.02 bits per heavy atom. The number of aliphatic hydroxyl groups excluding tert-OH is 1. The average molecular weight is 608 g/mol. The first kappa shape index (κ1) is 28.7. The van der Waals surface area contributed by atoms with Gasteiger partial charge < -0.3 is 14.6 Å². The van der Waals surface area contributed by atoms with Gasteiger partial charge in [0.05, 0.1) is 25.8 Å². The summed E-state index contributed by atoms with van der Waals surface area (Å²) in [6, 6.07) is 17.2. The van der Waals surface area contributed by atoms with E-state index in [1.54, 1.807) is 24.3 Å². The number of carbonyl (C=O) groups excluding carboxylic acids is 2. The molecule has 4 aromatic rings. The lowest BCUT2D eigenvalue weighted by Crippen LogP contribution is -2.29. The van der Waals surface area contributed by atoms with Gasteiger partial charge in [0.25, 0.3) is 5.78 Å². The van der Waals surface area contributed by atoms with Crippen LogP contribution in [-0.2, 0) is 15.3 Å². The molecule has 0 saturated carbocycles. The molecule has 2 heterocycles. The number of rotatable bonds is 8. The van der Waals surface area contributed by atoms with Crippen LogP contribution in [-0.4, -0.2) is 41.2 Å². The number of aliphatic hydroxyl groups is 1. The smallest absolute Gasteiger partial charge is 0.301 e. The van der Waals surface area contributed by atoms with E-state index < -0.39 is 17.7 Å². The van der Waals surface area contributed by atoms with Gasteiger partial charge in [-0.15, -0.1) is 10.2 Å². The zero-order valence-electron chi connectivity index (χ0n) is 22.7. The number of ether oxygens (including phenoxy) is 2. The Kier molecular flexibility index (Phi) is 8.35. The first-order valence-electron chi connectivity index (χ1n) is 12.5. The van der Waals surface area contributed by atoms with Gasteiger partial charge in [0, 0.05) is 16.3 Å². The second kappa shape index (κ2) is 11.9. The fourth-order valence-electron chi connectivity index (χ4n) is 4.62. The summed E-state index contributed by atoms with van der Waals surface area (Å²) in [5.41, 5.74) is 3.57. The number of hydrogen-bond acceptors (Lipinski definition) is 9. The van der Waals surface area contributed by atoms with Gasteiger partial charge in [-0.1, -0.05) is 76.7 Å². The molecule has 0 bridgehead atoms. The van der Waals surface area contributed by atoms with Crippen molar-refractivity contribution >= 4 is 57.3 Å². The molecule has 1 fully saturated rings. The molecule has 3 aromatic carbocycles. The highest BCUT2D eigenvalue weighted by Gasteiger charge is 2.48. The number of nitrogens with zero attached hydrogens (tertiary/aromatic N) is 3. The van der Waals surface area contributed by atoms with Gasteiger partial charge in [-0.05, 0) is 54.8 Å². The number of carbonyl (C=O) groups is 2. The van der Waals surface area contributed by atoms with Crippen molar-refractivity contribution in [1.82, 2.24) is 10.2 Å². The maximum Gasteiger partial charge on any atom is 0.301 e. The maximum absolute atomic E-state index is 13.6. The average Bonchev–Trinajstić information content (AvgIpc) is 3.54. The Bertz CT molecular complexity index is 1690. The first-order chi connectivity index (χ1) is 19.7. The van der Waals surface area contributed by atoms with E-state index >= 15 is 0 Å². The molecule has 11 heteroatoms. The van der Waals surface area contributed by atoms with Gasteiger partial charge in [-0.3, -0.25) is 14.5 Å². The molecule has 1 atom stereocenters. The van der Waals surface area contributed by atoms with Crippen LogP contribution in [0.1, 0.15) is 33.9 Å². The predicted octanol–water partition coefficient (Wildman–Crippen LogP) is 6.74. The molecular weight excluding hydrogens is 582 g/mol. The Balaban J connectivity index is 1.61. The molecule has 8 nitrogen and oxygen atoms in total. The molecule has 1 saturated heterocycles. The quantitative estimate of drug-likeness (QED) is 0.0772. The standard InChI is InChI=1S/C30H26ClN3O5S2/c1-16-9-10-17(2)20(13-16)26(35)24-25(18-11-12-22(38-3)23(14-18)39-4)34(28(37)27(24)36)29-32-33-30(41-29)40-15-19-7-5-6-8-21(19)31/h5-14,25,35H,15H2,1-4H3. The van der Waals surface area contributed by atoms with Crippen LogP contribution in [0.4, 0.5) is 5.13 Å². The molecule has 1 aromatic heterocycles. The molecule has 1 unspecified atom stereocenters. The molecule has 210 valence electrons. The number of ketones is 1. The molecule has 0 radical (unpaired) electrons. The Labute approximate surface area is 250 Å². The number of Topliss-reactive ketones (excluding diaryl/α,β-unsaturated/α-hetero) is 1. The summed E-state index contributed by atoms with van der Waals surface area (Å²) in [6.45, 7) is 3.73. The third-order valence-corrected chi connectivity index (χ3v) is 9.20. The fraction of sp³-hybridized carbons (Fsp3) is 0.200. The summed E-state index contributed by atoms with van der Waals surface area (Å²) in [5.74, 6) is -0.435. The molecule has 41 heavy (non-hydrogen) atoms. The summed E-state index contributed by atoms with van der Waals surface area (Å²) in [6.07, 6.45) is 0. The van der Waals surface area contributed by atoms with Gasteiger partial charge in [0.1, 0.15) is 5.76 Å². The molecule has 0 aliphatic carbocycles. The third kappa shape index (κ3) is 5.55. The summed E-state index contributed by atoms with van der Waals surface area (Å²) >= 11 is 8.91. The van der Waals surface area contributed by atoms with Crippen molar-refractivity contribution in [2.75, 3.05) is 19.1 Å². The molecule has 1 amide bonds. The fourth-order valence-corrected chi connectivity index (χ4v) is 6.77. The molecule has 1 N–H and O–H groups in total. The van der Waals surface area contributed by atoms with E-state index in [1.165, 1.54) is 42.2 Å². The normalized spacial score (nSPS) is 16.3. The van der Waals surface area contributed by atoms with Gasteiger partial charge >= 0.3 is 5.91 Å². The molecule has 1 aliphatic rings. The van der Waals surface area contributed by atoms with Crippen LogP contribution in [0.5, 0.6) is 11.5 Å². The molecule has 0 spiro atoms. The van der Waals surface area contributed by atoms with Crippen molar-refractivity contribution in [1.29, 1.82) is 0 Å².